The molecule has 0 amide bonds. The van der Waals surface area contributed by atoms with Crippen LogP contribution in [0.25, 0.3) is 0 Å². The van der Waals surface area contributed by atoms with Crippen LogP contribution in [0.2, 0.25) is 0 Å². The van der Waals surface area contributed by atoms with E-state index >= 15 is 0 Å². The molecule has 0 atom stereocenters. The van der Waals surface area contributed by atoms with Crippen LogP contribution < -0.4 is 4.74 Å². The number of ether oxygens (including phenoxy) is 1. The first-order valence-corrected chi connectivity index (χ1v) is 8.93. The molecule has 0 aliphatic rings. The van der Waals surface area contributed by atoms with Crippen molar-refractivity contribution < 1.29 is 4.74 Å². The van der Waals surface area contributed by atoms with Gasteiger partial charge in [-0.05, 0) is 64.2 Å². The molecule has 0 aliphatic heterocycles. The van der Waals surface area contributed by atoms with Gasteiger partial charge in [0.05, 0.1) is 11.8 Å². The fraction of sp³-hybridized carbons (Fsp3) is 0.524. The summed E-state index contributed by atoms with van der Waals surface area (Å²) in [7, 11) is 0. The minimum atomic E-state index is 0.216. The van der Waals surface area contributed by atoms with Crippen molar-refractivity contribution in [2.24, 2.45) is 0 Å². The van der Waals surface area contributed by atoms with E-state index in [4.69, 9.17) is 9.72 Å². The average molecular weight is 326 g/mol. The van der Waals surface area contributed by atoms with Gasteiger partial charge in [0.25, 0.3) is 0 Å². The Morgan fingerprint density at radius 1 is 0.917 bits per heavy atom. The minimum Gasteiger partial charge on any atom is -0.474 e. The van der Waals surface area contributed by atoms with Crippen LogP contribution in [0.3, 0.4) is 0 Å². The van der Waals surface area contributed by atoms with Gasteiger partial charge in [0.1, 0.15) is 5.82 Å². The maximum Gasteiger partial charge on any atom is 0.220 e. The summed E-state index contributed by atoms with van der Waals surface area (Å²) in [5.74, 6) is 1.52. The molecule has 0 saturated carbocycles. The molecule has 2 rings (SSSR count). The lowest BCUT2D eigenvalue weighted by Crippen LogP contribution is -2.17. The molecule has 0 N–H and O–H groups in total. The van der Waals surface area contributed by atoms with Crippen LogP contribution in [0.5, 0.6) is 5.88 Å². The maximum absolute atomic E-state index is 6.13. The topological polar surface area (TPSA) is 35.0 Å². The zero-order valence-electron chi connectivity index (χ0n) is 16.2. The van der Waals surface area contributed by atoms with E-state index in [1.54, 1.807) is 0 Å². The fourth-order valence-electron chi connectivity index (χ4n) is 3.21. The Morgan fingerprint density at radius 2 is 1.50 bits per heavy atom. The van der Waals surface area contributed by atoms with Crippen molar-refractivity contribution in [3.05, 3.63) is 51.5 Å². The predicted molar refractivity (Wildman–Crippen MR) is 100.0 cm³/mol. The fourth-order valence-corrected chi connectivity index (χ4v) is 3.21. The van der Waals surface area contributed by atoms with E-state index < -0.39 is 0 Å². The van der Waals surface area contributed by atoms with Gasteiger partial charge in [-0.15, -0.1) is 0 Å². The van der Waals surface area contributed by atoms with Gasteiger partial charge >= 0.3 is 0 Å². The standard InChI is InChI=1S/C21H30N2O/c1-8-18(9-2)24-21-16(6)20(22-17(7)23-21)12-19-14(4)10-13(3)11-15(19)5/h10-11,18H,8-9,12H2,1-7H3. The summed E-state index contributed by atoms with van der Waals surface area (Å²) in [5.41, 5.74) is 7.44. The molecule has 0 aliphatic carbocycles. The molecule has 0 radical (unpaired) electrons. The van der Waals surface area contributed by atoms with Crippen LogP contribution in [0, 0.1) is 34.6 Å². The van der Waals surface area contributed by atoms with E-state index in [0.29, 0.717) is 0 Å². The normalized spacial score (nSPS) is 11.2. The second-order valence-corrected chi connectivity index (χ2v) is 6.76. The van der Waals surface area contributed by atoms with Gasteiger partial charge in [-0.2, -0.15) is 4.98 Å². The Bertz CT molecular complexity index is 695. The van der Waals surface area contributed by atoms with Gasteiger partial charge in [0, 0.05) is 12.0 Å². The molecule has 1 heterocycles. The molecule has 3 heteroatoms. The highest BCUT2D eigenvalue weighted by Gasteiger charge is 2.16. The Morgan fingerprint density at radius 3 is 2.04 bits per heavy atom. The molecule has 0 fully saturated rings. The Balaban J connectivity index is 2.39. The second kappa shape index (κ2) is 7.78. The molecule has 130 valence electrons. The lowest BCUT2D eigenvalue weighted by molar-refractivity contribution is 0.182. The third-order valence-corrected chi connectivity index (χ3v) is 4.69. The van der Waals surface area contributed by atoms with Gasteiger partial charge in [-0.3, -0.25) is 0 Å². The summed E-state index contributed by atoms with van der Waals surface area (Å²) in [6.45, 7) is 14.8. The number of hydrogen-bond donors (Lipinski definition) is 0. The summed E-state index contributed by atoms with van der Waals surface area (Å²) >= 11 is 0. The first-order chi connectivity index (χ1) is 11.3. The van der Waals surface area contributed by atoms with Crippen LogP contribution in [0.1, 0.15) is 66.0 Å². The third-order valence-electron chi connectivity index (χ3n) is 4.69. The monoisotopic (exact) mass is 326 g/mol. The smallest absolute Gasteiger partial charge is 0.220 e. The van der Waals surface area contributed by atoms with Crippen molar-refractivity contribution in [2.75, 3.05) is 0 Å². The Kier molecular flexibility index (Phi) is 5.98. The number of aryl methyl sites for hydroxylation is 4. The van der Waals surface area contributed by atoms with Crippen molar-refractivity contribution in [1.82, 2.24) is 9.97 Å². The summed E-state index contributed by atoms with van der Waals surface area (Å²) in [4.78, 5) is 9.24. The van der Waals surface area contributed by atoms with E-state index in [0.717, 1.165) is 42.2 Å². The second-order valence-electron chi connectivity index (χ2n) is 6.76. The highest BCUT2D eigenvalue weighted by molar-refractivity contribution is 5.42. The molecule has 1 aromatic heterocycles. The molecule has 0 unspecified atom stereocenters. The average Bonchev–Trinajstić information content (AvgIpc) is 2.52. The lowest BCUT2D eigenvalue weighted by Gasteiger charge is -2.19. The van der Waals surface area contributed by atoms with Crippen LogP contribution in [0.15, 0.2) is 12.1 Å². The van der Waals surface area contributed by atoms with E-state index in [9.17, 15) is 0 Å². The summed E-state index contributed by atoms with van der Waals surface area (Å²) in [6.07, 6.45) is 3.02. The van der Waals surface area contributed by atoms with Crippen LogP contribution in [-0.2, 0) is 6.42 Å². The van der Waals surface area contributed by atoms with Crippen molar-refractivity contribution in [1.29, 1.82) is 0 Å². The Hall–Kier alpha value is -1.90. The number of nitrogens with zero attached hydrogens (tertiary/aromatic N) is 2. The van der Waals surface area contributed by atoms with Gasteiger partial charge in [-0.1, -0.05) is 31.5 Å². The SMILES string of the molecule is CCC(CC)Oc1nc(C)nc(Cc2c(C)cc(C)cc2C)c1C. The zero-order valence-corrected chi connectivity index (χ0v) is 16.2. The van der Waals surface area contributed by atoms with E-state index in [-0.39, 0.29) is 6.10 Å². The highest BCUT2D eigenvalue weighted by atomic mass is 16.5. The van der Waals surface area contributed by atoms with Gasteiger partial charge in [-0.25, -0.2) is 4.98 Å². The summed E-state index contributed by atoms with van der Waals surface area (Å²) in [5, 5.41) is 0. The molecule has 0 bridgehead atoms. The van der Waals surface area contributed by atoms with Crippen molar-refractivity contribution in [3.8, 4) is 5.88 Å². The zero-order chi connectivity index (χ0) is 17.9. The Labute approximate surface area is 146 Å². The molecular weight excluding hydrogens is 296 g/mol. The predicted octanol–water partition coefficient (Wildman–Crippen LogP) is 5.18. The van der Waals surface area contributed by atoms with Crippen LogP contribution >= 0.6 is 0 Å². The van der Waals surface area contributed by atoms with E-state index in [2.05, 4.69) is 58.7 Å². The minimum absolute atomic E-state index is 0.216. The first-order valence-electron chi connectivity index (χ1n) is 8.93. The van der Waals surface area contributed by atoms with Crippen molar-refractivity contribution in [3.63, 3.8) is 0 Å². The van der Waals surface area contributed by atoms with E-state index in [1.807, 2.05) is 6.92 Å². The quantitative estimate of drug-likeness (QED) is 0.734. The molecular formula is C21H30N2O. The summed E-state index contributed by atoms with van der Waals surface area (Å²) in [6, 6.07) is 4.49. The van der Waals surface area contributed by atoms with Gasteiger partial charge in [0.15, 0.2) is 0 Å². The molecule has 2 aromatic rings. The van der Waals surface area contributed by atoms with Crippen LogP contribution in [0.4, 0.5) is 0 Å². The first kappa shape index (κ1) is 18.4. The van der Waals surface area contributed by atoms with Crippen molar-refractivity contribution >= 4 is 0 Å². The summed E-state index contributed by atoms with van der Waals surface area (Å²) < 4.78 is 6.13. The van der Waals surface area contributed by atoms with Gasteiger partial charge < -0.3 is 4.74 Å². The van der Waals surface area contributed by atoms with Gasteiger partial charge in [0.2, 0.25) is 5.88 Å². The number of benzene rings is 1. The van der Waals surface area contributed by atoms with E-state index in [1.165, 1.54) is 22.3 Å². The third kappa shape index (κ3) is 4.14. The molecule has 3 nitrogen and oxygen atoms in total. The highest BCUT2D eigenvalue weighted by Crippen LogP contribution is 2.25. The van der Waals surface area contributed by atoms with Crippen LogP contribution in [-0.4, -0.2) is 16.1 Å². The lowest BCUT2D eigenvalue weighted by atomic mass is 9.95. The molecule has 0 saturated heterocycles. The maximum atomic E-state index is 6.13. The largest absolute Gasteiger partial charge is 0.474 e. The number of rotatable bonds is 6. The number of hydrogen-bond acceptors (Lipinski definition) is 3. The van der Waals surface area contributed by atoms with Crippen molar-refractivity contribution in [2.45, 2.75) is 73.8 Å². The molecule has 1 aromatic carbocycles. The molecule has 0 spiro atoms. The molecule has 24 heavy (non-hydrogen) atoms. The number of aromatic nitrogens is 2.